The smallest absolute Gasteiger partial charge is 0.341 e. The fourth-order valence-corrected chi connectivity index (χ4v) is 1.49. The van der Waals surface area contributed by atoms with Gasteiger partial charge in [0.1, 0.15) is 18.2 Å². The maximum Gasteiger partial charge on any atom is 0.341 e. The molecule has 0 aliphatic rings. The van der Waals surface area contributed by atoms with Gasteiger partial charge in [0.05, 0.1) is 17.4 Å². The molecule has 1 heterocycles. The summed E-state index contributed by atoms with van der Waals surface area (Å²) in [6.07, 6.45) is 3.15. The number of aryl methyl sites for hydroxylation is 1. The van der Waals surface area contributed by atoms with Crippen molar-refractivity contribution in [1.82, 2.24) is 9.78 Å². The normalized spacial score (nSPS) is 10.5. The molecule has 19 heavy (non-hydrogen) atoms. The lowest BCUT2D eigenvalue weighted by Crippen LogP contribution is -2.09. The average Bonchev–Trinajstić information content (AvgIpc) is 2.77. The number of aromatic nitrogens is 2. The van der Waals surface area contributed by atoms with Gasteiger partial charge >= 0.3 is 5.97 Å². The van der Waals surface area contributed by atoms with Crippen LogP contribution >= 0.6 is 0 Å². The van der Waals surface area contributed by atoms with E-state index in [2.05, 4.69) is 5.10 Å². The summed E-state index contributed by atoms with van der Waals surface area (Å²) >= 11 is 0. The van der Waals surface area contributed by atoms with Crippen molar-refractivity contribution >= 4 is 11.7 Å². The number of carbonyl (C=O) groups is 1. The topological polar surface area (TPSA) is 70.1 Å². The second kappa shape index (κ2) is 5.05. The van der Waals surface area contributed by atoms with Crippen molar-refractivity contribution in [2.45, 2.75) is 6.61 Å². The lowest BCUT2D eigenvalue weighted by Gasteiger charge is -2.05. The zero-order valence-corrected chi connectivity index (χ0v) is 10.1. The Morgan fingerprint density at radius 1 is 1.42 bits per heavy atom. The zero-order valence-electron chi connectivity index (χ0n) is 10.1. The summed E-state index contributed by atoms with van der Waals surface area (Å²) in [5.74, 6) is -2.75. The molecule has 5 nitrogen and oxygen atoms in total. The molecule has 2 aromatic rings. The monoisotopic (exact) mass is 267 g/mol. The Kier molecular flexibility index (Phi) is 3.46. The Morgan fingerprint density at radius 2 is 2.16 bits per heavy atom. The van der Waals surface area contributed by atoms with Crippen LogP contribution in [0.2, 0.25) is 0 Å². The second-order valence-electron chi connectivity index (χ2n) is 3.95. The first-order valence-corrected chi connectivity index (χ1v) is 5.36. The third-order valence-corrected chi connectivity index (χ3v) is 2.43. The number of benzene rings is 1. The van der Waals surface area contributed by atoms with E-state index in [9.17, 15) is 13.6 Å². The number of esters is 1. The summed E-state index contributed by atoms with van der Waals surface area (Å²) in [5, 5.41) is 3.89. The van der Waals surface area contributed by atoms with Crippen molar-refractivity contribution in [3.8, 4) is 0 Å². The van der Waals surface area contributed by atoms with Crippen molar-refractivity contribution in [3.63, 3.8) is 0 Å². The molecule has 0 fully saturated rings. The number of nitrogens with zero attached hydrogens (tertiary/aromatic N) is 2. The highest BCUT2D eigenvalue weighted by Crippen LogP contribution is 2.17. The maximum absolute atomic E-state index is 13.4. The molecule has 0 unspecified atom stereocenters. The highest BCUT2D eigenvalue weighted by atomic mass is 19.1. The van der Waals surface area contributed by atoms with Crippen LogP contribution in [0.25, 0.3) is 0 Å². The highest BCUT2D eigenvalue weighted by Gasteiger charge is 2.16. The zero-order chi connectivity index (χ0) is 14.0. The molecule has 0 aliphatic carbocycles. The number of ether oxygens (including phenoxy) is 1. The first-order chi connectivity index (χ1) is 8.97. The van der Waals surface area contributed by atoms with Crippen LogP contribution in [0.4, 0.5) is 14.5 Å². The number of rotatable bonds is 3. The van der Waals surface area contributed by atoms with E-state index in [1.54, 1.807) is 13.2 Å². The van der Waals surface area contributed by atoms with E-state index in [0.717, 1.165) is 12.1 Å². The van der Waals surface area contributed by atoms with Crippen molar-refractivity contribution in [1.29, 1.82) is 0 Å². The van der Waals surface area contributed by atoms with Crippen molar-refractivity contribution in [2.24, 2.45) is 7.05 Å². The van der Waals surface area contributed by atoms with Crippen molar-refractivity contribution in [2.75, 3.05) is 5.73 Å². The lowest BCUT2D eigenvalue weighted by atomic mass is 10.2. The number of nitrogens with two attached hydrogens (primary N) is 1. The minimum atomic E-state index is -0.958. The van der Waals surface area contributed by atoms with Gasteiger partial charge in [0, 0.05) is 24.9 Å². The molecular weight excluding hydrogens is 256 g/mol. The number of anilines is 1. The Balaban J connectivity index is 2.10. The number of nitrogen functional groups attached to an aromatic ring is 1. The number of hydrogen-bond donors (Lipinski definition) is 1. The average molecular weight is 267 g/mol. The number of halogens is 2. The molecule has 0 aliphatic heterocycles. The molecule has 1 aromatic carbocycles. The Morgan fingerprint density at radius 3 is 2.79 bits per heavy atom. The lowest BCUT2D eigenvalue weighted by molar-refractivity contribution is 0.0466. The maximum atomic E-state index is 13.4. The first-order valence-electron chi connectivity index (χ1n) is 5.36. The first kappa shape index (κ1) is 13.0. The van der Waals surface area contributed by atoms with Gasteiger partial charge in [-0.15, -0.1) is 0 Å². The van der Waals surface area contributed by atoms with Crippen LogP contribution in [0.1, 0.15) is 15.9 Å². The van der Waals surface area contributed by atoms with Gasteiger partial charge in [0.25, 0.3) is 0 Å². The summed E-state index contributed by atoms with van der Waals surface area (Å²) in [5.41, 5.74) is 4.97. The van der Waals surface area contributed by atoms with Crippen LogP contribution in [-0.4, -0.2) is 15.7 Å². The summed E-state index contributed by atoms with van der Waals surface area (Å²) in [4.78, 5) is 11.6. The van der Waals surface area contributed by atoms with Crippen LogP contribution in [0.15, 0.2) is 24.5 Å². The molecule has 0 spiro atoms. The molecule has 1 aromatic heterocycles. The van der Waals surface area contributed by atoms with Crippen molar-refractivity contribution < 1.29 is 18.3 Å². The second-order valence-corrected chi connectivity index (χ2v) is 3.95. The third kappa shape index (κ3) is 2.87. The molecular formula is C12H11F2N3O2. The standard InChI is InChI=1S/C12H11F2N3O2/c1-17-5-7(4-16-17)6-19-12(18)8-2-10(14)11(15)3-9(8)13/h2-5H,6,15H2,1H3. The molecule has 0 saturated carbocycles. The molecule has 0 bridgehead atoms. The van der Waals surface area contributed by atoms with Crippen LogP contribution in [-0.2, 0) is 18.4 Å². The van der Waals surface area contributed by atoms with E-state index in [1.807, 2.05) is 0 Å². The fourth-order valence-electron chi connectivity index (χ4n) is 1.49. The van der Waals surface area contributed by atoms with Gasteiger partial charge < -0.3 is 10.5 Å². The molecule has 0 saturated heterocycles. The molecule has 100 valence electrons. The molecule has 0 atom stereocenters. The molecule has 0 radical (unpaired) electrons. The molecule has 2 rings (SSSR count). The van der Waals surface area contributed by atoms with E-state index >= 15 is 0 Å². The van der Waals surface area contributed by atoms with Gasteiger partial charge in [0.15, 0.2) is 0 Å². The number of hydrogen-bond acceptors (Lipinski definition) is 4. The number of carbonyl (C=O) groups excluding carboxylic acids is 1. The Labute approximate surface area is 107 Å². The van der Waals surface area contributed by atoms with Crippen LogP contribution < -0.4 is 5.73 Å². The Bertz CT molecular complexity index is 625. The summed E-state index contributed by atoms with van der Waals surface area (Å²) in [6, 6.07) is 1.46. The van der Waals surface area contributed by atoms with Gasteiger partial charge in [-0.3, -0.25) is 4.68 Å². The van der Waals surface area contributed by atoms with Gasteiger partial charge in [-0.05, 0) is 6.07 Å². The van der Waals surface area contributed by atoms with E-state index in [-0.39, 0.29) is 12.3 Å². The van der Waals surface area contributed by atoms with Gasteiger partial charge in [-0.1, -0.05) is 0 Å². The van der Waals surface area contributed by atoms with Gasteiger partial charge in [-0.2, -0.15) is 5.10 Å². The molecule has 2 N–H and O–H groups in total. The van der Waals surface area contributed by atoms with Crippen LogP contribution in [0.3, 0.4) is 0 Å². The van der Waals surface area contributed by atoms with Gasteiger partial charge in [0.2, 0.25) is 0 Å². The van der Waals surface area contributed by atoms with E-state index in [4.69, 9.17) is 10.5 Å². The fraction of sp³-hybridized carbons (Fsp3) is 0.167. The van der Waals surface area contributed by atoms with E-state index < -0.39 is 23.2 Å². The predicted octanol–water partition coefficient (Wildman–Crippen LogP) is 1.64. The summed E-state index contributed by atoms with van der Waals surface area (Å²) in [6.45, 7) is -0.0713. The van der Waals surface area contributed by atoms with Gasteiger partial charge in [-0.25, -0.2) is 13.6 Å². The predicted molar refractivity (Wildman–Crippen MR) is 63.1 cm³/mol. The minimum absolute atomic E-state index is 0.0713. The molecule has 0 amide bonds. The highest BCUT2D eigenvalue weighted by molar-refractivity contribution is 5.90. The summed E-state index contributed by atoms with van der Waals surface area (Å²) in [7, 11) is 1.71. The van der Waals surface area contributed by atoms with Crippen LogP contribution in [0, 0.1) is 11.6 Å². The van der Waals surface area contributed by atoms with E-state index in [0.29, 0.717) is 5.56 Å². The summed E-state index contributed by atoms with van der Waals surface area (Å²) < 4.78 is 33.0. The molecule has 7 heteroatoms. The minimum Gasteiger partial charge on any atom is -0.457 e. The van der Waals surface area contributed by atoms with E-state index in [1.165, 1.54) is 10.9 Å². The SMILES string of the molecule is Cn1cc(COC(=O)c2cc(F)c(N)cc2F)cn1. The quantitative estimate of drug-likeness (QED) is 0.678. The van der Waals surface area contributed by atoms with Crippen molar-refractivity contribution in [3.05, 3.63) is 47.3 Å². The third-order valence-electron chi connectivity index (χ3n) is 2.43. The Hall–Kier alpha value is -2.44. The largest absolute Gasteiger partial charge is 0.457 e. The van der Waals surface area contributed by atoms with Crippen LogP contribution in [0.5, 0.6) is 0 Å².